The van der Waals surface area contributed by atoms with Gasteiger partial charge in [-0.1, -0.05) is 36.4 Å². The zero-order valence-corrected chi connectivity index (χ0v) is 13.9. The number of hydrogen-bond donors (Lipinski definition) is 1. The first-order chi connectivity index (χ1) is 12.7. The maximum Gasteiger partial charge on any atom is 0.260 e. The highest BCUT2D eigenvalue weighted by atomic mass is 16.5. The topological polar surface area (TPSA) is 72.7 Å². The average Bonchev–Trinajstić information content (AvgIpc) is 2.65. The molecule has 0 saturated carbocycles. The van der Waals surface area contributed by atoms with Crippen LogP contribution in [0, 0.1) is 0 Å². The second-order valence-electron chi connectivity index (χ2n) is 5.45. The van der Waals surface area contributed by atoms with Crippen molar-refractivity contribution in [2.75, 3.05) is 0 Å². The summed E-state index contributed by atoms with van der Waals surface area (Å²) in [6, 6.07) is 21.5. The molecule has 1 heterocycles. The molecule has 1 N–H and O–H groups in total. The van der Waals surface area contributed by atoms with Gasteiger partial charge in [-0.3, -0.25) is 9.59 Å². The Morgan fingerprint density at radius 3 is 2.58 bits per heavy atom. The summed E-state index contributed by atoms with van der Waals surface area (Å²) in [5, 5.41) is 3.92. The molecular formula is C20H17N3O3. The molecule has 2 aromatic carbocycles. The zero-order chi connectivity index (χ0) is 18.2. The van der Waals surface area contributed by atoms with Crippen molar-refractivity contribution in [3.05, 3.63) is 94.9 Å². The first-order valence-corrected chi connectivity index (χ1v) is 8.01. The number of rotatable bonds is 6. The first-order valence-electron chi connectivity index (χ1n) is 8.01. The van der Waals surface area contributed by atoms with E-state index in [1.54, 1.807) is 18.3 Å². The van der Waals surface area contributed by atoms with Crippen LogP contribution in [0.5, 0.6) is 11.5 Å². The second-order valence-corrected chi connectivity index (χ2v) is 5.45. The predicted molar refractivity (Wildman–Crippen MR) is 99.4 cm³/mol. The van der Waals surface area contributed by atoms with Crippen LogP contribution >= 0.6 is 0 Å². The number of hydrogen-bond acceptors (Lipinski definition) is 4. The SMILES string of the molecule is O=C(Cn1ccccc1=O)N/N=C\c1cccc(Oc2ccccc2)c1. The molecule has 0 aliphatic rings. The van der Waals surface area contributed by atoms with Crippen LogP contribution in [0.1, 0.15) is 5.56 Å². The molecule has 1 amide bonds. The molecule has 0 aliphatic carbocycles. The van der Waals surface area contributed by atoms with E-state index in [-0.39, 0.29) is 18.0 Å². The van der Waals surface area contributed by atoms with Gasteiger partial charge in [0.1, 0.15) is 18.0 Å². The van der Waals surface area contributed by atoms with Gasteiger partial charge in [0.2, 0.25) is 0 Å². The van der Waals surface area contributed by atoms with E-state index in [2.05, 4.69) is 10.5 Å². The monoisotopic (exact) mass is 347 g/mol. The number of hydrazone groups is 1. The predicted octanol–water partition coefficient (Wildman–Crippen LogP) is 2.79. The molecule has 0 saturated heterocycles. The van der Waals surface area contributed by atoms with Crippen molar-refractivity contribution < 1.29 is 9.53 Å². The molecule has 6 heteroatoms. The fourth-order valence-corrected chi connectivity index (χ4v) is 2.24. The van der Waals surface area contributed by atoms with Crippen molar-refractivity contribution in [1.82, 2.24) is 9.99 Å². The Labute approximate surface area is 150 Å². The Bertz CT molecular complexity index is 965. The lowest BCUT2D eigenvalue weighted by Gasteiger charge is -2.06. The van der Waals surface area contributed by atoms with E-state index in [0.29, 0.717) is 5.75 Å². The third-order valence-electron chi connectivity index (χ3n) is 3.45. The van der Waals surface area contributed by atoms with Gasteiger partial charge in [-0.05, 0) is 35.9 Å². The Hall–Kier alpha value is -3.67. The zero-order valence-electron chi connectivity index (χ0n) is 13.9. The molecule has 1 aromatic heterocycles. The summed E-state index contributed by atoms with van der Waals surface area (Å²) >= 11 is 0. The highest BCUT2D eigenvalue weighted by Crippen LogP contribution is 2.21. The summed E-state index contributed by atoms with van der Waals surface area (Å²) in [6.45, 7) is -0.0891. The van der Waals surface area contributed by atoms with Crippen LogP contribution in [0.4, 0.5) is 0 Å². The fraction of sp³-hybridized carbons (Fsp3) is 0.0500. The van der Waals surface area contributed by atoms with Crippen LogP contribution in [0.15, 0.2) is 88.9 Å². The average molecular weight is 347 g/mol. The molecule has 0 atom stereocenters. The number of nitrogens with zero attached hydrogens (tertiary/aromatic N) is 2. The molecule has 0 radical (unpaired) electrons. The second kappa shape index (κ2) is 8.43. The van der Waals surface area contributed by atoms with Gasteiger partial charge in [0.25, 0.3) is 11.5 Å². The van der Waals surface area contributed by atoms with Crippen LogP contribution in [0.2, 0.25) is 0 Å². The number of nitrogens with one attached hydrogen (secondary N) is 1. The first kappa shape index (κ1) is 17.2. The Morgan fingerprint density at radius 2 is 1.77 bits per heavy atom. The van der Waals surface area contributed by atoms with Crippen molar-refractivity contribution >= 4 is 12.1 Å². The number of carbonyl (C=O) groups is 1. The lowest BCUT2D eigenvalue weighted by atomic mass is 10.2. The fourth-order valence-electron chi connectivity index (χ4n) is 2.24. The molecule has 0 unspecified atom stereocenters. The molecule has 0 aliphatic heterocycles. The summed E-state index contributed by atoms with van der Waals surface area (Å²) in [5.74, 6) is 1.02. The van der Waals surface area contributed by atoms with Crippen molar-refractivity contribution in [1.29, 1.82) is 0 Å². The normalized spacial score (nSPS) is 10.6. The molecule has 0 fully saturated rings. The molecule has 0 spiro atoms. The van der Waals surface area contributed by atoms with E-state index in [0.717, 1.165) is 11.3 Å². The van der Waals surface area contributed by atoms with Crippen LogP contribution in [0.3, 0.4) is 0 Å². The van der Waals surface area contributed by atoms with Gasteiger partial charge in [-0.2, -0.15) is 5.10 Å². The molecule has 3 rings (SSSR count). The Morgan fingerprint density at radius 1 is 1.00 bits per heavy atom. The Balaban J connectivity index is 1.58. The lowest BCUT2D eigenvalue weighted by Crippen LogP contribution is -2.28. The quantitative estimate of drug-likeness (QED) is 0.550. The third-order valence-corrected chi connectivity index (χ3v) is 3.45. The summed E-state index contributed by atoms with van der Waals surface area (Å²) in [6.07, 6.45) is 3.07. The van der Waals surface area contributed by atoms with Gasteiger partial charge >= 0.3 is 0 Å². The minimum atomic E-state index is -0.383. The van der Waals surface area contributed by atoms with Gasteiger partial charge < -0.3 is 9.30 Å². The maximum atomic E-state index is 11.9. The van der Waals surface area contributed by atoms with Crippen LogP contribution in [-0.2, 0) is 11.3 Å². The number of ether oxygens (including phenoxy) is 1. The van der Waals surface area contributed by atoms with Crippen molar-refractivity contribution in [3.63, 3.8) is 0 Å². The van der Waals surface area contributed by atoms with Gasteiger partial charge in [0.05, 0.1) is 6.21 Å². The van der Waals surface area contributed by atoms with E-state index in [1.165, 1.54) is 16.8 Å². The van der Waals surface area contributed by atoms with Gasteiger partial charge in [0, 0.05) is 12.3 Å². The van der Waals surface area contributed by atoms with E-state index in [1.807, 2.05) is 54.6 Å². The van der Waals surface area contributed by atoms with E-state index >= 15 is 0 Å². The maximum absolute atomic E-state index is 11.9. The van der Waals surface area contributed by atoms with Crippen molar-refractivity contribution in [2.45, 2.75) is 6.54 Å². The number of para-hydroxylation sites is 1. The van der Waals surface area contributed by atoms with Crippen LogP contribution in [-0.4, -0.2) is 16.7 Å². The number of amides is 1. The summed E-state index contributed by atoms with van der Waals surface area (Å²) in [4.78, 5) is 23.4. The lowest BCUT2D eigenvalue weighted by molar-refractivity contribution is -0.121. The summed E-state index contributed by atoms with van der Waals surface area (Å²) in [7, 11) is 0. The van der Waals surface area contributed by atoms with E-state index < -0.39 is 0 Å². The molecule has 0 bridgehead atoms. The highest BCUT2D eigenvalue weighted by Gasteiger charge is 2.02. The summed E-state index contributed by atoms with van der Waals surface area (Å²) in [5.41, 5.74) is 2.94. The molecule has 26 heavy (non-hydrogen) atoms. The van der Waals surface area contributed by atoms with E-state index in [4.69, 9.17) is 4.74 Å². The third kappa shape index (κ3) is 4.91. The van der Waals surface area contributed by atoms with Gasteiger partial charge in [-0.25, -0.2) is 5.43 Å². The van der Waals surface area contributed by atoms with E-state index in [9.17, 15) is 9.59 Å². The minimum Gasteiger partial charge on any atom is -0.457 e. The molecular weight excluding hydrogens is 330 g/mol. The number of benzene rings is 2. The highest BCUT2D eigenvalue weighted by molar-refractivity contribution is 5.82. The van der Waals surface area contributed by atoms with Crippen molar-refractivity contribution in [3.8, 4) is 11.5 Å². The smallest absolute Gasteiger partial charge is 0.260 e. The summed E-state index contributed by atoms with van der Waals surface area (Å²) < 4.78 is 7.06. The largest absolute Gasteiger partial charge is 0.457 e. The number of carbonyl (C=O) groups excluding carboxylic acids is 1. The number of aromatic nitrogens is 1. The van der Waals surface area contributed by atoms with Gasteiger partial charge in [-0.15, -0.1) is 0 Å². The van der Waals surface area contributed by atoms with Crippen LogP contribution in [0.25, 0.3) is 0 Å². The standard InChI is InChI=1S/C20H17N3O3/c24-19(15-23-12-5-4-11-20(23)25)22-21-14-16-7-6-10-18(13-16)26-17-8-2-1-3-9-17/h1-14H,15H2,(H,22,24)/b21-14-. The Kier molecular flexibility index (Phi) is 5.57. The van der Waals surface area contributed by atoms with Crippen LogP contribution < -0.4 is 15.7 Å². The van der Waals surface area contributed by atoms with Gasteiger partial charge in [0.15, 0.2) is 0 Å². The molecule has 3 aromatic rings. The number of pyridine rings is 1. The molecule has 130 valence electrons. The minimum absolute atomic E-state index is 0.0891. The molecule has 6 nitrogen and oxygen atoms in total. The van der Waals surface area contributed by atoms with Crippen molar-refractivity contribution in [2.24, 2.45) is 5.10 Å².